The first-order chi connectivity index (χ1) is 5.65. The number of benzene rings is 1. The van der Waals surface area contributed by atoms with Crippen molar-refractivity contribution in [3.05, 3.63) is 23.8 Å². The minimum atomic E-state index is 0.00769. The van der Waals surface area contributed by atoms with Crippen LogP contribution in [0.3, 0.4) is 0 Å². The second-order valence-electron chi connectivity index (χ2n) is 2.51. The third-order valence-corrected chi connectivity index (χ3v) is 1.64. The molecule has 0 amide bonds. The van der Waals surface area contributed by atoms with Crippen molar-refractivity contribution in [2.75, 3.05) is 7.11 Å². The lowest BCUT2D eigenvalue weighted by atomic mass is 9.93. The van der Waals surface area contributed by atoms with E-state index in [4.69, 9.17) is 12.6 Å². The van der Waals surface area contributed by atoms with Gasteiger partial charge in [-0.3, -0.25) is 4.79 Å². The average molecular weight is 160 g/mol. The highest BCUT2D eigenvalue weighted by molar-refractivity contribution is 6.34. The van der Waals surface area contributed by atoms with Crippen LogP contribution in [0.4, 0.5) is 0 Å². The van der Waals surface area contributed by atoms with Gasteiger partial charge in [-0.2, -0.15) is 0 Å². The SMILES string of the molecule is [B]c1ccc(C(C)=O)cc1OC. The summed E-state index contributed by atoms with van der Waals surface area (Å²) in [5.74, 6) is 0.552. The number of hydrogen-bond donors (Lipinski definition) is 0. The molecule has 0 heterocycles. The summed E-state index contributed by atoms with van der Waals surface area (Å²) in [5.41, 5.74) is 1.16. The van der Waals surface area contributed by atoms with Crippen LogP contribution in [0.1, 0.15) is 17.3 Å². The number of rotatable bonds is 2. The Balaban J connectivity index is 3.13. The molecule has 1 aromatic carbocycles. The molecule has 12 heavy (non-hydrogen) atoms. The second-order valence-corrected chi connectivity index (χ2v) is 2.51. The molecule has 0 unspecified atom stereocenters. The molecule has 0 aliphatic carbocycles. The number of methoxy groups -OCH3 is 1. The lowest BCUT2D eigenvalue weighted by Crippen LogP contribution is -2.08. The maximum atomic E-state index is 10.9. The molecule has 60 valence electrons. The molecule has 0 N–H and O–H groups in total. The van der Waals surface area contributed by atoms with E-state index >= 15 is 0 Å². The van der Waals surface area contributed by atoms with Crippen LogP contribution in [0, 0.1) is 0 Å². The smallest absolute Gasteiger partial charge is 0.159 e. The molecule has 2 nitrogen and oxygen atoms in total. The number of carbonyl (C=O) groups excluding carboxylic acids is 1. The van der Waals surface area contributed by atoms with Crippen molar-refractivity contribution in [1.29, 1.82) is 0 Å². The summed E-state index contributed by atoms with van der Waals surface area (Å²) in [7, 11) is 7.09. The quantitative estimate of drug-likeness (QED) is 0.470. The number of carbonyl (C=O) groups is 1. The van der Waals surface area contributed by atoms with Crippen LogP contribution in [0.5, 0.6) is 5.75 Å². The van der Waals surface area contributed by atoms with E-state index in [-0.39, 0.29) is 5.78 Å². The zero-order chi connectivity index (χ0) is 9.14. The minimum absolute atomic E-state index is 0.00769. The van der Waals surface area contributed by atoms with Crippen LogP contribution in [0.15, 0.2) is 18.2 Å². The molecule has 0 saturated heterocycles. The molecule has 3 heteroatoms. The second kappa shape index (κ2) is 3.43. The van der Waals surface area contributed by atoms with Gasteiger partial charge in [0.05, 0.1) is 7.11 Å². The Labute approximate surface area is 73.0 Å². The standard InChI is InChI=1S/C9H9BO2/c1-6(11)7-3-4-8(10)9(5-7)12-2/h3-5H,1-2H3. The van der Waals surface area contributed by atoms with E-state index in [1.807, 2.05) is 0 Å². The lowest BCUT2D eigenvalue weighted by Gasteiger charge is -2.05. The van der Waals surface area contributed by atoms with Gasteiger partial charge in [0.2, 0.25) is 0 Å². The van der Waals surface area contributed by atoms with Gasteiger partial charge in [-0.1, -0.05) is 17.6 Å². The Morgan fingerprint density at radius 2 is 2.17 bits per heavy atom. The first-order valence-corrected chi connectivity index (χ1v) is 3.59. The van der Waals surface area contributed by atoms with E-state index in [2.05, 4.69) is 0 Å². The molecule has 0 saturated carbocycles. The summed E-state index contributed by atoms with van der Waals surface area (Å²) in [6, 6.07) is 4.98. The summed E-state index contributed by atoms with van der Waals surface area (Å²) in [4.78, 5) is 10.9. The normalized spacial score (nSPS) is 9.50. The zero-order valence-electron chi connectivity index (χ0n) is 7.13. The molecule has 0 atom stereocenters. The van der Waals surface area contributed by atoms with Gasteiger partial charge in [-0.25, -0.2) is 0 Å². The van der Waals surface area contributed by atoms with E-state index in [0.717, 1.165) is 0 Å². The fourth-order valence-electron chi connectivity index (χ4n) is 0.930. The van der Waals surface area contributed by atoms with Crippen molar-refractivity contribution in [1.82, 2.24) is 0 Å². The van der Waals surface area contributed by atoms with E-state index in [1.165, 1.54) is 14.0 Å². The monoisotopic (exact) mass is 160 g/mol. The van der Waals surface area contributed by atoms with Crippen LogP contribution in [-0.2, 0) is 0 Å². The van der Waals surface area contributed by atoms with Crippen molar-refractivity contribution in [2.45, 2.75) is 6.92 Å². The van der Waals surface area contributed by atoms with Gasteiger partial charge in [0.15, 0.2) is 5.78 Å². The highest BCUT2D eigenvalue weighted by Gasteiger charge is 2.02. The van der Waals surface area contributed by atoms with E-state index in [9.17, 15) is 4.79 Å². The Hall–Kier alpha value is -1.25. The number of ether oxygens (including phenoxy) is 1. The van der Waals surface area contributed by atoms with Gasteiger partial charge in [-0.05, 0) is 13.0 Å². The summed E-state index contributed by atoms with van der Waals surface area (Å²) < 4.78 is 4.96. The average Bonchev–Trinajstić information content (AvgIpc) is 2.05. The summed E-state index contributed by atoms with van der Waals surface area (Å²) in [6.07, 6.45) is 0. The maximum Gasteiger partial charge on any atom is 0.159 e. The minimum Gasteiger partial charge on any atom is -0.497 e. The molecule has 1 aromatic rings. The molecule has 2 radical (unpaired) electrons. The van der Waals surface area contributed by atoms with E-state index in [1.54, 1.807) is 18.2 Å². The summed E-state index contributed by atoms with van der Waals surface area (Å²) >= 11 is 0. The molecule has 0 aliphatic heterocycles. The van der Waals surface area contributed by atoms with Crippen LogP contribution >= 0.6 is 0 Å². The Kier molecular flexibility index (Phi) is 2.53. The van der Waals surface area contributed by atoms with Gasteiger partial charge >= 0.3 is 0 Å². The highest BCUT2D eigenvalue weighted by Crippen LogP contribution is 2.09. The first kappa shape index (κ1) is 8.85. The number of Topliss-reactive ketones (excluding diaryl/α,β-unsaturated/α-hetero) is 1. The van der Waals surface area contributed by atoms with Crippen molar-refractivity contribution in [3.63, 3.8) is 0 Å². The van der Waals surface area contributed by atoms with Gasteiger partial charge in [0, 0.05) is 5.56 Å². The topological polar surface area (TPSA) is 26.3 Å². The highest BCUT2D eigenvalue weighted by atomic mass is 16.5. The summed E-state index contributed by atoms with van der Waals surface area (Å²) in [6.45, 7) is 1.50. The molecular weight excluding hydrogens is 151 g/mol. The predicted molar refractivity (Wildman–Crippen MR) is 48.4 cm³/mol. The number of ketones is 1. The van der Waals surface area contributed by atoms with Crippen molar-refractivity contribution in [3.8, 4) is 5.75 Å². The Bertz CT molecular complexity index is 307. The van der Waals surface area contributed by atoms with Crippen LogP contribution < -0.4 is 10.2 Å². The molecular formula is C9H9BO2. The van der Waals surface area contributed by atoms with Gasteiger partial charge in [0.25, 0.3) is 0 Å². The molecule has 0 aliphatic rings. The van der Waals surface area contributed by atoms with Gasteiger partial charge in [0.1, 0.15) is 13.6 Å². The zero-order valence-corrected chi connectivity index (χ0v) is 7.13. The van der Waals surface area contributed by atoms with Crippen LogP contribution in [-0.4, -0.2) is 20.7 Å². The number of hydrogen-bond acceptors (Lipinski definition) is 2. The van der Waals surface area contributed by atoms with Gasteiger partial charge < -0.3 is 4.74 Å². The Morgan fingerprint density at radius 1 is 1.50 bits per heavy atom. The lowest BCUT2D eigenvalue weighted by molar-refractivity contribution is 0.101. The maximum absolute atomic E-state index is 10.9. The van der Waals surface area contributed by atoms with Crippen LogP contribution in [0.2, 0.25) is 0 Å². The van der Waals surface area contributed by atoms with Crippen molar-refractivity contribution < 1.29 is 9.53 Å². The first-order valence-electron chi connectivity index (χ1n) is 3.59. The molecule has 0 aromatic heterocycles. The molecule has 1 rings (SSSR count). The van der Waals surface area contributed by atoms with Crippen molar-refractivity contribution in [2.24, 2.45) is 0 Å². The van der Waals surface area contributed by atoms with Gasteiger partial charge in [-0.15, -0.1) is 0 Å². The van der Waals surface area contributed by atoms with E-state index in [0.29, 0.717) is 16.8 Å². The molecule has 0 fully saturated rings. The fourth-order valence-corrected chi connectivity index (χ4v) is 0.930. The third-order valence-electron chi connectivity index (χ3n) is 1.64. The van der Waals surface area contributed by atoms with E-state index < -0.39 is 0 Å². The van der Waals surface area contributed by atoms with Crippen LogP contribution in [0.25, 0.3) is 0 Å². The molecule has 0 bridgehead atoms. The third kappa shape index (κ3) is 1.67. The summed E-state index contributed by atoms with van der Waals surface area (Å²) in [5, 5.41) is 0. The molecule has 0 spiro atoms. The fraction of sp³-hybridized carbons (Fsp3) is 0.222. The predicted octanol–water partition coefficient (Wildman–Crippen LogP) is 0.692. The van der Waals surface area contributed by atoms with Crippen molar-refractivity contribution >= 4 is 19.1 Å². The Morgan fingerprint density at radius 3 is 2.67 bits per heavy atom. The largest absolute Gasteiger partial charge is 0.497 e.